The standard InChI is InChI=1S/C24H27F3N4O5S/c1-37(34,35)31-23(33)21-18(19(28)9-11-29-14-15-3-4-15)13-20(30-22(21)32)16-5-7-17(8-6-16)36-12-2-10-24(25,26)27/h5-9,11,13,15,28-29H,2-4,10,12,14H2,1H3,(H,30,32)(H,31,33)/b11-9-,28-19?. The van der Waals surface area contributed by atoms with Gasteiger partial charge in [-0.25, -0.2) is 13.1 Å². The Labute approximate surface area is 211 Å². The number of alkyl halides is 3. The Morgan fingerprint density at radius 3 is 2.51 bits per heavy atom. The SMILES string of the molecule is CS(=O)(=O)NC(=O)c1c(C(=N)/C=C\NCC2CC2)cc(-c2ccc(OCCCC(F)(F)F)cc2)[nH]c1=O. The van der Waals surface area contributed by atoms with E-state index in [4.69, 9.17) is 10.1 Å². The number of benzene rings is 1. The highest BCUT2D eigenvalue weighted by Crippen LogP contribution is 2.27. The van der Waals surface area contributed by atoms with E-state index in [1.807, 2.05) is 0 Å². The lowest BCUT2D eigenvalue weighted by Gasteiger charge is -2.12. The fourth-order valence-corrected chi connectivity index (χ4v) is 3.79. The number of carbonyl (C=O) groups excluding carboxylic acids is 1. The van der Waals surface area contributed by atoms with Crippen molar-refractivity contribution < 1.29 is 31.1 Å². The molecule has 0 saturated heterocycles. The van der Waals surface area contributed by atoms with E-state index >= 15 is 0 Å². The van der Waals surface area contributed by atoms with Crippen LogP contribution >= 0.6 is 0 Å². The van der Waals surface area contributed by atoms with Crippen molar-refractivity contribution in [3.8, 4) is 17.0 Å². The molecule has 1 aliphatic rings. The van der Waals surface area contributed by atoms with Crippen LogP contribution in [0.15, 0.2) is 47.4 Å². The number of nitrogens with one attached hydrogen (secondary N) is 4. The maximum absolute atomic E-state index is 12.9. The van der Waals surface area contributed by atoms with Gasteiger partial charge in [0.1, 0.15) is 11.3 Å². The summed E-state index contributed by atoms with van der Waals surface area (Å²) in [5.41, 5.74) is -1.00. The van der Waals surface area contributed by atoms with Crippen LogP contribution in [-0.4, -0.2) is 50.6 Å². The number of aromatic nitrogens is 1. The number of hydrogen-bond donors (Lipinski definition) is 4. The molecule has 200 valence electrons. The number of H-pyrrole nitrogens is 1. The van der Waals surface area contributed by atoms with E-state index in [1.165, 1.54) is 30.5 Å². The molecule has 1 aromatic carbocycles. The van der Waals surface area contributed by atoms with E-state index in [-0.39, 0.29) is 30.0 Å². The summed E-state index contributed by atoms with van der Waals surface area (Å²) in [5, 5.41) is 11.5. The van der Waals surface area contributed by atoms with Gasteiger partial charge < -0.3 is 20.4 Å². The molecule has 1 saturated carbocycles. The smallest absolute Gasteiger partial charge is 0.389 e. The van der Waals surface area contributed by atoms with Crippen LogP contribution in [-0.2, 0) is 10.0 Å². The Balaban J connectivity index is 1.84. The zero-order valence-electron chi connectivity index (χ0n) is 19.9. The number of aromatic amines is 1. The molecular formula is C24H27F3N4O5S. The predicted octanol–water partition coefficient (Wildman–Crippen LogP) is 3.33. The minimum Gasteiger partial charge on any atom is -0.494 e. The van der Waals surface area contributed by atoms with Gasteiger partial charge in [-0.1, -0.05) is 0 Å². The molecule has 0 bridgehead atoms. The second kappa shape index (κ2) is 11.6. The molecule has 13 heteroatoms. The molecule has 3 rings (SSSR count). The average Bonchev–Trinajstić information content (AvgIpc) is 3.62. The number of amides is 1. The molecule has 0 atom stereocenters. The topological polar surface area (TPSA) is 141 Å². The third-order valence-corrected chi connectivity index (χ3v) is 5.89. The number of pyridine rings is 1. The third kappa shape index (κ3) is 9.08. The van der Waals surface area contributed by atoms with Crippen molar-refractivity contribution in [1.82, 2.24) is 15.0 Å². The van der Waals surface area contributed by atoms with Crippen molar-refractivity contribution in [3.63, 3.8) is 0 Å². The Hall–Kier alpha value is -3.61. The third-order valence-electron chi connectivity index (χ3n) is 5.34. The van der Waals surface area contributed by atoms with Gasteiger partial charge in [-0.05, 0) is 73.4 Å². The van der Waals surface area contributed by atoms with Crippen molar-refractivity contribution in [2.24, 2.45) is 5.92 Å². The van der Waals surface area contributed by atoms with Crippen LogP contribution in [0.5, 0.6) is 5.75 Å². The van der Waals surface area contributed by atoms with Crippen molar-refractivity contribution in [2.45, 2.75) is 31.9 Å². The van der Waals surface area contributed by atoms with Crippen LogP contribution in [0.2, 0.25) is 0 Å². The minimum atomic E-state index is -4.25. The quantitative estimate of drug-likeness (QED) is 0.240. The van der Waals surface area contributed by atoms with Crippen LogP contribution in [0.4, 0.5) is 13.2 Å². The van der Waals surface area contributed by atoms with Crippen LogP contribution in [0.1, 0.15) is 41.6 Å². The Morgan fingerprint density at radius 1 is 1.24 bits per heavy atom. The molecule has 37 heavy (non-hydrogen) atoms. The Kier molecular flexibility index (Phi) is 8.79. The molecule has 0 aliphatic heterocycles. The Morgan fingerprint density at radius 2 is 1.92 bits per heavy atom. The van der Waals surface area contributed by atoms with Gasteiger partial charge in [-0.3, -0.25) is 9.59 Å². The van der Waals surface area contributed by atoms with E-state index in [2.05, 4.69) is 10.3 Å². The highest BCUT2D eigenvalue weighted by atomic mass is 32.2. The maximum atomic E-state index is 12.9. The first-order chi connectivity index (χ1) is 17.3. The van der Waals surface area contributed by atoms with Crippen molar-refractivity contribution >= 4 is 21.6 Å². The van der Waals surface area contributed by atoms with Gasteiger partial charge >= 0.3 is 6.18 Å². The summed E-state index contributed by atoms with van der Waals surface area (Å²) >= 11 is 0. The Bertz CT molecular complexity index is 1330. The number of halogens is 3. The van der Waals surface area contributed by atoms with Gasteiger partial charge in [0.15, 0.2) is 0 Å². The summed E-state index contributed by atoms with van der Waals surface area (Å²) in [6.07, 6.45) is 0.533. The molecular weight excluding hydrogens is 513 g/mol. The van der Waals surface area contributed by atoms with Gasteiger partial charge in [0.2, 0.25) is 10.0 Å². The van der Waals surface area contributed by atoms with E-state index in [0.29, 0.717) is 17.2 Å². The number of rotatable bonds is 12. The minimum absolute atomic E-state index is 0.0863. The summed E-state index contributed by atoms with van der Waals surface area (Å²) in [6, 6.07) is 7.52. The first kappa shape index (κ1) is 28.0. The number of ether oxygens (including phenoxy) is 1. The predicted molar refractivity (Wildman–Crippen MR) is 132 cm³/mol. The van der Waals surface area contributed by atoms with Crippen LogP contribution < -0.4 is 20.3 Å². The number of hydrogen-bond acceptors (Lipinski definition) is 7. The van der Waals surface area contributed by atoms with Gasteiger partial charge in [-0.15, -0.1) is 0 Å². The number of carbonyl (C=O) groups is 1. The fraction of sp³-hybridized carbons (Fsp3) is 0.375. The summed E-state index contributed by atoms with van der Waals surface area (Å²) in [7, 11) is -3.97. The molecule has 1 aromatic heterocycles. The lowest BCUT2D eigenvalue weighted by molar-refractivity contribution is -0.136. The number of allylic oxidation sites excluding steroid dienone is 1. The summed E-state index contributed by atoms with van der Waals surface area (Å²) in [4.78, 5) is 28.0. The molecule has 2 aromatic rings. The van der Waals surface area contributed by atoms with Gasteiger partial charge in [0.25, 0.3) is 11.5 Å². The van der Waals surface area contributed by atoms with Crippen LogP contribution in [0.25, 0.3) is 11.3 Å². The van der Waals surface area contributed by atoms with Crippen LogP contribution in [0, 0.1) is 11.3 Å². The molecule has 1 aliphatic carbocycles. The van der Waals surface area contributed by atoms with Gasteiger partial charge in [0.05, 0.1) is 18.6 Å². The van der Waals surface area contributed by atoms with E-state index in [9.17, 15) is 31.2 Å². The second-order valence-corrected chi connectivity index (χ2v) is 10.4. The van der Waals surface area contributed by atoms with Crippen molar-refractivity contribution in [1.29, 1.82) is 5.41 Å². The first-order valence-corrected chi connectivity index (χ1v) is 13.3. The van der Waals surface area contributed by atoms with Crippen LogP contribution in [0.3, 0.4) is 0 Å². The summed E-state index contributed by atoms with van der Waals surface area (Å²) < 4.78 is 67.0. The zero-order valence-corrected chi connectivity index (χ0v) is 20.8. The highest BCUT2D eigenvalue weighted by molar-refractivity contribution is 7.89. The molecule has 1 amide bonds. The van der Waals surface area contributed by atoms with E-state index in [1.54, 1.807) is 16.9 Å². The average molecular weight is 541 g/mol. The van der Waals surface area contributed by atoms with Gasteiger partial charge in [-0.2, -0.15) is 13.2 Å². The molecule has 1 heterocycles. The molecule has 0 spiro atoms. The first-order valence-electron chi connectivity index (χ1n) is 11.4. The number of sulfonamides is 1. The fourth-order valence-electron chi connectivity index (χ4n) is 3.35. The van der Waals surface area contributed by atoms with Gasteiger partial charge in [0, 0.05) is 24.2 Å². The molecule has 0 unspecified atom stereocenters. The largest absolute Gasteiger partial charge is 0.494 e. The highest BCUT2D eigenvalue weighted by Gasteiger charge is 2.26. The van der Waals surface area contributed by atoms with Crippen molar-refractivity contribution in [3.05, 3.63) is 64.1 Å². The van der Waals surface area contributed by atoms with Crippen molar-refractivity contribution in [2.75, 3.05) is 19.4 Å². The molecule has 0 radical (unpaired) electrons. The van der Waals surface area contributed by atoms with E-state index in [0.717, 1.165) is 25.6 Å². The zero-order chi connectivity index (χ0) is 27.2. The monoisotopic (exact) mass is 540 g/mol. The summed E-state index contributed by atoms with van der Waals surface area (Å²) in [6.45, 7) is 0.610. The van der Waals surface area contributed by atoms with E-state index < -0.39 is 39.7 Å². The molecule has 9 nitrogen and oxygen atoms in total. The lowest BCUT2D eigenvalue weighted by Crippen LogP contribution is -2.35. The second-order valence-electron chi connectivity index (χ2n) is 8.69. The summed E-state index contributed by atoms with van der Waals surface area (Å²) in [5.74, 6) is -0.259. The molecule has 1 fully saturated rings. The normalized spacial score (nSPS) is 13.9. The maximum Gasteiger partial charge on any atom is 0.389 e. The lowest BCUT2D eigenvalue weighted by atomic mass is 10.0. The molecule has 4 N–H and O–H groups in total.